The Morgan fingerprint density at radius 2 is 1.35 bits per heavy atom. The zero-order valence-electron chi connectivity index (χ0n) is 13.2. The molecular weight excluding hydrogens is 371 g/mol. The third-order valence-electron chi connectivity index (χ3n) is 3.94. The molecule has 2 saturated heterocycles. The van der Waals surface area contributed by atoms with Gasteiger partial charge in [-0.15, -0.1) is 13.9 Å². The normalized spacial score (nSPS) is 25.6. The molecule has 0 unspecified atom stereocenters. The van der Waals surface area contributed by atoms with E-state index in [0.29, 0.717) is 0 Å². The summed E-state index contributed by atoms with van der Waals surface area (Å²) >= 11 is 11.1. The first-order valence-electron chi connectivity index (χ1n) is 6.89. The van der Waals surface area contributed by atoms with Gasteiger partial charge in [-0.3, -0.25) is 0 Å². The molecular formula is C12H19Cl3N4O4. The molecule has 8 nitrogen and oxygen atoms in total. The number of hydrogen-bond acceptors (Lipinski definition) is 5. The molecule has 2 rings (SSSR count). The Bertz CT molecular complexity index is 488. The van der Waals surface area contributed by atoms with Crippen LogP contribution in [0.3, 0.4) is 0 Å². The monoisotopic (exact) mass is 388 g/mol. The quantitative estimate of drug-likeness (QED) is 0.617. The first-order valence-corrected chi connectivity index (χ1v) is 7.56. The summed E-state index contributed by atoms with van der Waals surface area (Å²) in [6, 6.07) is -3.17. The van der Waals surface area contributed by atoms with E-state index in [2.05, 4.69) is 0 Å². The molecule has 0 aromatic carbocycles. The second-order valence-corrected chi connectivity index (χ2v) is 7.32. The van der Waals surface area contributed by atoms with Gasteiger partial charge in [0.1, 0.15) is 0 Å². The lowest BCUT2D eigenvalue weighted by molar-refractivity contribution is -1.00. The van der Waals surface area contributed by atoms with Gasteiger partial charge in [0.2, 0.25) is 0 Å². The molecule has 11 heteroatoms. The van der Waals surface area contributed by atoms with Crippen molar-refractivity contribution in [3.63, 3.8) is 0 Å². The summed E-state index contributed by atoms with van der Waals surface area (Å²) in [4.78, 5) is 41.3. The van der Waals surface area contributed by atoms with Crippen molar-refractivity contribution in [2.75, 3.05) is 0 Å². The van der Waals surface area contributed by atoms with Gasteiger partial charge < -0.3 is 12.4 Å². The third kappa shape index (κ3) is 3.57. The van der Waals surface area contributed by atoms with Crippen LogP contribution in [-0.4, -0.2) is 43.1 Å². The fourth-order valence-corrected chi connectivity index (χ4v) is 3.26. The van der Waals surface area contributed by atoms with Crippen molar-refractivity contribution in [3.8, 4) is 0 Å². The van der Waals surface area contributed by atoms with Crippen molar-refractivity contribution >= 4 is 41.6 Å². The Labute approximate surface area is 150 Å². The van der Waals surface area contributed by atoms with Gasteiger partial charge >= 0.3 is 18.1 Å². The predicted molar refractivity (Wildman–Crippen MR) is 77.5 cm³/mol. The minimum atomic E-state index is -1.12. The number of imide groups is 3. The van der Waals surface area contributed by atoms with Crippen LogP contribution in [0, 0.1) is 0 Å². The van der Waals surface area contributed by atoms with Crippen LogP contribution in [0.4, 0.5) is 14.4 Å². The average Bonchev–Trinajstić information content (AvgIpc) is 2.41. The number of hydrogen-bond donors (Lipinski definition) is 1. The second-order valence-electron chi connectivity index (χ2n) is 6.65. The highest BCUT2D eigenvalue weighted by atomic mass is 35.5. The molecule has 2 aliphatic heterocycles. The van der Waals surface area contributed by atoms with Gasteiger partial charge in [-0.1, -0.05) is 4.94 Å². The van der Waals surface area contributed by atoms with Gasteiger partial charge in [-0.05, 0) is 52.0 Å². The predicted octanol–water partition coefficient (Wildman–Crippen LogP) is -0.950. The van der Waals surface area contributed by atoms with E-state index in [0.717, 1.165) is 19.3 Å². The zero-order valence-corrected chi connectivity index (χ0v) is 15.5. The van der Waals surface area contributed by atoms with E-state index in [1.807, 2.05) is 27.7 Å². The molecule has 0 atom stereocenters. The van der Waals surface area contributed by atoms with Gasteiger partial charge in [0.15, 0.2) is 0 Å². The molecule has 0 aliphatic carbocycles. The van der Waals surface area contributed by atoms with Crippen molar-refractivity contribution in [1.82, 2.24) is 13.9 Å². The van der Waals surface area contributed by atoms with Crippen molar-refractivity contribution in [1.29, 1.82) is 0 Å². The number of halogens is 3. The summed E-state index contributed by atoms with van der Waals surface area (Å²) in [5.41, 5.74) is -0.796. The van der Waals surface area contributed by atoms with Crippen LogP contribution in [0.2, 0.25) is 0 Å². The highest BCUT2D eigenvalue weighted by molar-refractivity contribution is 6.38. The second kappa shape index (κ2) is 6.70. The number of urea groups is 3. The number of carbonyl (C=O) groups excluding carboxylic acids is 3. The highest BCUT2D eigenvalue weighted by Gasteiger charge is 2.55. The smallest absolute Gasteiger partial charge is 0.484 e. The molecule has 2 heterocycles. The Morgan fingerprint density at radius 3 is 1.74 bits per heavy atom. The highest BCUT2D eigenvalue weighted by Crippen LogP contribution is 2.37. The van der Waals surface area contributed by atoms with Gasteiger partial charge in [-0.2, -0.15) is 0 Å². The largest absolute Gasteiger partial charge is 1.00 e. The zero-order chi connectivity index (χ0) is 16.9. The molecule has 1 N–H and O–H groups in total. The lowest BCUT2D eigenvalue weighted by Gasteiger charge is -2.49. The van der Waals surface area contributed by atoms with E-state index in [1.54, 1.807) is 5.06 Å². The Balaban J connectivity index is 0.00000264. The first-order chi connectivity index (χ1) is 9.99. The van der Waals surface area contributed by atoms with Crippen LogP contribution >= 0.6 is 23.6 Å². The number of amides is 6. The number of nitrogens with one attached hydrogen (secondary N) is 1. The van der Waals surface area contributed by atoms with E-state index in [1.165, 1.54) is 0 Å². The van der Waals surface area contributed by atoms with E-state index in [4.69, 9.17) is 28.5 Å². The Kier molecular flexibility index (Phi) is 5.94. The van der Waals surface area contributed by atoms with E-state index >= 15 is 0 Å². The number of rotatable bonds is 2. The number of carbonyl (C=O) groups is 3. The molecule has 0 bridgehead atoms. The maximum absolute atomic E-state index is 12.1. The van der Waals surface area contributed by atoms with Crippen LogP contribution in [0.1, 0.15) is 47.0 Å². The van der Waals surface area contributed by atoms with Crippen LogP contribution in [0.5, 0.6) is 0 Å². The molecule has 2 fully saturated rings. The van der Waals surface area contributed by atoms with E-state index in [-0.39, 0.29) is 21.2 Å². The lowest BCUT2D eigenvalue weighted by Crippen LogP contribution is -3.21. The van der Waals surface area contributed by atoms with Crippen molar-refractivity contribution in [3.05, 3.63) is 0 Å². The topological polar surface area (TPSA) is 74.6 Å². The number of quaternary nitrogens is 1. The SMILES string of the molecule is CC1(C)CCCC(C)(C)N1O[NH+]1C(=O)N(Cl)C(=O)N(Cl)C1=O.[Cl-]. The minimum Gasteiger partial charge on any atom is -1.00 e. The van der Waals surface area contributed by atoms with E-state index in [9.17, 15) is 14.4 Å². The van der Waals surface area contributed by atoms with Crippen LogP contribution in [-0.2, 0) is 4.94 Å². The average molecular weight is 390 g/mol. The molecule has 0 saturated carbocycles. The van der Waals surface area contributed by atoms with Crippen molar-refractivity contribution in [2.45, 2.75) is 58.0 Å². The summed E-state index contributed by atoms with van der Waals surface area (Å²) in [7, 11) is 0. The lowest BCUT2D eigenvalue weighted by atomic mass is 9.82. The number of piperidine rings is 1. The van der Waals surface area contributed by atoms with Crippen molar-refractivity contribution < 1.29 is 36.8 Å². The third-order valence-corrected chi connectivity index (χ3v) is 4.54. The van der Waals surface area contributed by atoms with Gasteiger partial charge in [0.05, 0.1) is 0 Å². The summed E-state index contributed by atoms with van der Waals surface area (Å²) in [6.07, 6.45) is 2.67. The summed E-state index contributed by atoms with van der Waals surface area (Å²) < 4.78 is 0.460. The Hall–Kier alpha value is -0.640. The molecule has 0 spiro atoms. The maximum atomic E-state index is 12.1. The first kappa shape index (κ1) is 20.4. The summed E-state index contributed by atoms with van der Waals surface area (Å²) in [5, 5.41) is 1.02. The van der Waals surface area contributed by atoms with Crippen LogP contribution in [0.25, 0.3) is 0 Å². The molecule has 0 aromatic heterocycles. The van der Waals surface area contributed by atoms with Gasteiger partial charge in [-0.25, -0.2) is 14.4 Å². The fraction of sp³-hybridized carbons (Fsp3) is 0.750. The molecule has 6 amide bonds. The van der Waals surface area contributed by atoms with Gasteiger partial charge in [0, 0.05) is 34.6 Å². The van der Waals surface area contributed by atoms with Crippen molar-refractivity contribution in [2.24, 2.45) is 0 Å². The van der Waals surface area contributed by atoms with Gasteiger partial charge in [0.25, 0.3) is 0 Å². The fourth-order valence-electron chi connectivity index (χ4n) is 2.91. The minimum absolute atomic E-state index is 0. The molecule has 23 heavy (non-hydrogen) atoms. The molecule has 132 valence electrons. The maximum Gasteiger partial charge on any atom is 0.484 e. The molecule has 0 aromatic rings. The van der Waals surface area contributed by atoms with E-state index < -0.39 is 34.2 Å². The van der Waals surface area contributed by atoms with Crippen LogP contribution in [0.15, 0.2) is 0 Å². The summed E-state index contributed by atoms with van der Waals surface area (Å²) in [6.45, 7) is 7.81. The summed E-state index contributed by atoms with van der Waals surface area (Å²) in [5.74, 6) is 0. The molecule has 2 aliphatic rings. The standard InChI is InChI=1S/C12H18Cl2N4O4.ClH/c1-11(2)6-5-7-12(3,4)18(11)22-17-9(20)15(13)8(19)16(14)10(17)21;/h5-7H2,1-4H3;1H. The van der Waals surface area contributed by atoms with Crippen LogP contribution < -0.4 is 17.5 Å². The number of hydroxylamine groups is 4. The Morgan fingerprint density at radius 1 is 0.957 bits per heavy atom. The number of nitrogens with zero attached hydrogens (tertiary/aromatic N) is 3. The molecule has 0 radical (unpaired) electrons.